The van der Waals surface area contributed by atoms with E-state index < -0.39 is 5.76 Å². The quantitative estimate of drug-likeness (QED) is 0.507. The summed E-state index contributed by atoms with van der Waals surface area (Å²) in [5.41, 5.74) is 0.746. The van der Waals surface area contributed by atoms with E-state index in [9.17, 15) is 18.4 Å². The lowest BCUT2D eigenvalue weighted by molar-refractivity contribution is 0.0952. The van der Waals surface area contributed by atoms with E-state index >= 15 is 0 Å². The molecule has 0 fully saturated rings. The number of thioether (sulfide) groups is 1. The van der Waals surface area contributed by atoms with Gasteiger partial charge in [-0.15, -0.1) is 5.10 Å². The van der Waals surface area contributed by atoms with Gasteiger partial charge in [0.15, 0.2) is 5.65 Å². The minimum atomic E-state index is -2.49. The number of pyridine rings is 1. The summed E-state index contributed by atoms with van der Waals surface area (Å²) in [6.07, 6.45) is 2.19. The summed E-state index contributed by atoms with van der Waals surface area (Å²) in [6, 6.07) is 11.3. The molecule has 0 aliphatic carbocycles. The van der Waals surface area contributed by atoms with Gasteiger partial charge in [0, 0.05) is 29.7 Å². The van der Waals surface area contributed by atoms with Gasteiger partial charge in [0.05, 0.1) is 0 Å². The Hall–Kier alpha value is -2.68. The van der Waals surface area contributed by atoms with Crippen LogP contribution in [0.4, 0.5) is 8.78 Å². The molecule has 2 heterocycles. The molecule has 0 saturated carbocycles. The molecule has 1 amide bonds. The molecule has 26 heavy (non-hydrogen) atoms. The van der Waals surface area contributed by atoms with Crippen molar-refractivity contribution in [2.24, 2.45) is 0 Å². The molecule has 3 rings (SSSR count). The van der Waals surface area contributed by atoms with Crippen LogP contribution < -0.4 is 11.0 Å². The van der Waals surface area contributed by atoms with Crippen LogP contribution in [0.3, 0.4) is 0 Å². The Morgan fingerprint density at radius 2 is 1.96 bits per heavy atom. The number of rotatable bonds is 7. The summed E-state index contributed by atoms with van der Waals surface area (Å²) >= 11 is 0.435. The predicted octanol–water partition coefficient (Wildman–Crippen LogP) is 2.63. The predicted molar refractivity (Wildman–Crippen MR) is 94.7 cm³/mol. The number of benzene rings is 1. The van der Waals surface area contributed by atoms with Crippen molar-refractivity contribution >= 4 is 23.3 Å². The Kier molecular flexibility index (Phi) is 5.67. The molecule has 0 unspecified atom stereocenters. The largest absolute Gasteiger partial charge is 0.352 e. The van der Waals surface area contributed by atoms with Crippen molar-refractivity contribution in [3.05, 3.63) is 64.7 Å². The van der Waals surface area contributed by atoms with E-state index in [4.69, 9.17) is 0 Å². The van der Waals surface area contributed by atoms with E-state index in [0.29, 0.717) is 47.4 Å². The van der Waals surface area contributed by atoms with Gasteiger partial charge in [-0.2, -0.15) is 8.78 Å². The first-order valence-electron chi connectivity index (χ1n) is 7.92. The van der Waals surface area contributed by atoms with Crippen molar-refractivity contribution in [2.45, 2.75) is 23.6 Å². The highest BCUT2D eigenvalue weighted by molar-refractivity contribution is 7.99. The summed E-state index contributed by atoms with van der Waals surface area (Å²) in [4.78, 5) is 24.6. The Balaban J connectivity index is 1.50. The van der Waals surface area contributed by atoms with Crippen molar-refractivity contribution in [1.29, 1.82) is 0 Å². The van der Waals surface area contributed by atoms with Crippen LogP contribution in [0, 0.1) is 0 Å². The molecule has 3 aromatic rings. The fourth-order valence-electron chi connectivity index (χ4n) is 2.43. The van der Waals surface area contributed by atoms with E-state index in [1.807, 2.05) is 0 Å². The minimum absolute atomic E-state index is 0.223. The maximum absolute atomic E-state index is 12.3. The highest BCUT2D eigenvalue weighted by atomic mass is 32.2. The maximum atomic E-state index is 12.3. The molecule has 0 saturated heterocycles. The van der Waals surface area contributed by atoms with E-state index in [0.717, 1.165) is 0 Å². The average molecular weight is 378 g/mol. The topological polar surface area (TPSA) is 68.4 Å². The van der Waals surface area contributed by atoms with E-state index in [2.05, 4.69) is 10.4 Å². The molecular formula is C17H16F2N4O2S. The molecule has 9 heteroatoms. The highest BCUT2D eigenvalue weighted by Gasteiger charge is 2.09. The van der Waals surface area contributed by atoms with Gasteiger partial charge >= 0.3 is 5.69 Å². The molecule has 0 aliphatic heterocycles. The number of aromatic nitrogens is 3. The Morgan fingerprint density at radius 3 is 2.65 bits per heavy atom. The second kappa shape index (κ2) is 8.13. The van der Waals surface area contributed by atoms with Gasteiger partial charge in [-0.3, -0.25) is 9.20 Å². The van der Waals surface area contributed by atoms with Crippen LogP contribution in [0.2, 0.25) is 0 Å². The third-order valence-corrected chi connectivity index (χ3v) is 4.38. The smallest absolute Gasteiger partial charge is 0.350 e. The number of hydrogen-bond acceptors (Lipinski definition) is 4. The third kappa shape index (κ3) is 4.29. The molecular weight excluding hydrogens is 362 g/mol. The number of nitrogens with one attached hydrogen (secondary N) is 1. The van der Waals surface area contributed by atoms with Crippen LogP contribution >= 0.6 is 11.8 Å². The normalized spacial score (nSPS) is 11.2. The number of halogens is 2. The maximum Gasteiger partial charge on any atom is 0.350 e. The third-order valence-electron chi connectivity index (χ3n) is 3.66. The lowest BCUT2D eigenvalue weighted by Crippen LogP contribution is -2.27. The van der Waals surface area contributed by atoms with E-state index in [-0.39, 0.29) is 11.6 Å². The molecule has 0 atom stereocenters. The number of hydrogen-bond donors (Lipinski definition) is 1. The van der Waals surface area contributed by atoms with Crippen LogP contribution in [0.5, 0.6) is 0 Å². The van der Waals surface area contributed by atoms with Gasteiger partial charge in [0.25, 0.3) is 11.7 Å². The number of nitrogens with zero attached hydrogens (tertiary/aromatic N) is 3. The van der Waals surface area contributed by atoms with Crippen LogP contribution in [-0.4, -0.2) is 32.4 Å². The van der Waals surface area contributed by atoms with Crippen LogP contribution in [0.25, 0.3) is 5.65 Å². The summed E-state index contributed by atoms with van der Waals surface area (Å²) < 4.78 is 27.4. The molecule has 0 radical (unpaired) electrons. The first-order chi connectivity index (χ1) is 12.5. The van der Waals surface area contributed by atoms with Crippen molar-refractivity contribution in [1.82, 2.24) is 19.5 Å². The first kappa shape index (κ1) is 18.1. The fourth-order valence-corrected chi connectivity index (χ4v) is 2.93. The first-order valence-corrected chi connectivity index (χ1v) is 8.80. The standard InChI is InChI=1S/C17H16F2N4O2S/c18-16(19)26-13-7-5-12(6-8-13)15(24)20-9-3-11-23-17(25)22-10-2-1-4-14(22)21-23/h1-2,4-8,10,16H,3,9,11H2,(H,20,24). The molecule has 2 aromatic heterocycles. The van der Waals surface area contributed by atoms with E-state index in [1.54, 1.807) is 24.4 Å². The second-order valence-electron chi connectivity index (χ2n) is 5.45. The number of fused-ring (bicyclic) bond motifs is 1. The number of aryl methyl sites for hydroxylation is 1. The number of carbonyl (C=O) groups excluding carboxylic acids is 1. The van der Waals surface area contributed by atoms with Crippen LogP contribution in [0.1, 0.15) is 16.8 Å². The summed E-state index contributed by atoms with van der Waals surface area (Å²) in [7, 11) is 0. The Labute approximate surface area is 151 Å². The van der Waals surface area contributed by atoms with Crippen molar-refractivity contribution in [3.63, 3.8) is 0 Å². The van der Waals surface area contributed by atoms with Crippen molar-refractivity contribution < 1.29 is 13.6 Å². The SMILES string of the molecule is O=C(NCCCn1nc2ccccn2c1=O)c1ccc(SC(F)F)cc1. The number of carbonyl (C=O) groups is 1. The van der Waals surface area contributed by atoms with Gasteiger partial charge in [0.2, 0.25) is 0 Å². The summed E-state index contributed by atoms with van der Waals surface area (Å²) in [5.74, 6) is -2.78. The van der Waals surface area contributed by atoms with Crippen molar-refractivity contribution in [3.8, 4) is 0 Å². The van der Waals surface area contributed by atoms with Gasteiger partial charge in [-0.05, 0) is 42.8 Å². The zero-order chi connectivity index (χ0) is 18.5. The Morgan fingerprint density at radius 1 is 1.19 bits per heavy atom. The summed E-state index contributed by atoms with van der Waals surface area (Å²) in [6.45, 7) is 0.747. The lowest BCUT2D eigenvalue weighted by atomic mass is 10.2. The number of amides is 1. The Bertz CT molecular complexity index is 953. The highest BCUT2D eigenvalue weighted by Crippen LogP contribution is 2.25. The minimum Gasteiger partial charge on any atom is -0.352 e. The monoisotopic (exact) mass is 378 g/mol. The molecule has 0 aliphatic rings. The van der Waals surface area contributed by atoms with E-state index in [1.165, 1.54) is 33.3 Å². The van der Waals surface area contributed by atoms with Crippen LogP contribution in [-0.2, 0) is 6.54 Å². The van der Waals surface area contributed by atoms with Gasteiger partial charge in [0.1, 0.15) is 0 Å². The molecule has 1 N–H and O–H groups in total. The second-order valence-corrected chi connectivity index (χ2v) is 6.51. The van der Waals surface area contributed by atoms with Crippen LogP contribution in [0.15, 0.2) is 58.4 Å². The van der Waals surface area contributed by atoms with Gasteiger partial charge in [-0.25, -0.2) is 9.48 Å². The fraction of sp³-hybridized carbons (Fsp3) is 0.235. The van der Waals surface area contributed by atoms with Gasteiger partial charge in [-0.1, -0.05) is 17.8 Å². The lowest BCUT2D eigenvalue weighted by Gasteiger charge is -2.06. The zero-order valence-corrected chi connectivity index (χ0v) is 14.5. The average Bonchev–Trinajstić information content (AvgIpc) is 2.95. The molecule has 0 bridgehead atoms. The molecule has 6 nitrogen and oxygen atoms in total. The number of alkyl halides is 2. The molecule has 1 aromatic carbocycles. The van der Waals surface area contributed by atoms with Crippen molar-refractivity contribution in [2.75, 3.05) is 6.54 Å². The van der Waals surface area contributed by atoms with Gasteiger partial charge < -0.3 is 5.32 Å². The molecule has 136 valence electrons. The molecule has 0 spiro atoms. The zero-order valence-electron chi connectivity index (χ0n) is 13.6. The summed E-state index contributed by atoms with van der Waals surface area (Å²) in [5, 5.41) is 6.95.